The van der Waals surface area contributed by atoms with Crippen molar-refractivity contribution < 1.29 is 18.3 Å². The molecule has 2 fully saturated rings. The third-order valence-corrected chi connectivity index (χ3v) is 7.98. The average Bonchev–Trinajstić information content (AvgIpc) is 3.30. The molecule has 1 aromatic heterocycles. The van der Waals surface area contributed by atoms with Crippen LogP contribution in [0.2, 0.25) is 0 Å². The predicted octanol–water partition coefficient (Wildman–Crippen LogP) is 2.56. The Kier molecular flexibility index (Phi) is 4.92. The van der Waals surface area contributed by atoms with E-state index < -0.39 is 28.2 Å². The van der Waals surface area contributed by atoms with Gasteiger partial charge in [0.1, 0.15) is 5.01 Å². The Hall–Kier alpha value is -1.97. The van der Waals surface area contributed by atoms with E-state index in [1.54, 1.807) is 0 Å². The van der Waals surface area contributed by atoms with Crippen molar-refractivity contribution in [2.75, 3.05) is 6.54 Å². The number of benzene rings is 1. The average molecular weight is 408 g/mol. The molecule has 2 atom stereocenters. The smallest absolute Gasteiger partial charge is 0.407 e. The molecule has 1 amide bonds. The van der Waals surface area contributed by atoms with Crippen molar-refractivity contribution in [3.63, 3.8) is 0 Å². The van der Waals surface area contributed by atoms with Crippen molar-refractivity contribution in [3.05, 3.63) is 41.4 Å². The van der Waals surface area contributed by atoms with Crippen molar-refractivity contribution in [1.82, 2.24) is 14.6 Å². The molecule has 0 radical (unpaired) electrons. The Morgan fingerprint density at radius 3 is 2.67 bits per heavy atom. The number of carbonyl (C=O) groups is 1. The molecule has 2 N–H and O–H groups in total. The number of nitrogens with zero attached hydrogens (tertiary/aromatic N) is 2. The topological polar surface area (TPSA) is 99.6 Å². The minimum Gasteiger partial charge on any atom is -0.465 e. The van der Waals surface area contributed by atoms with Crippen LogP contribution in [0.1, 0.15) is 25.0 Å². The molecule has 1 saturated heterocycles. The highest BCUT2D eigenvalue weighted by atomic mass is 32.2. The number of hydrogen-bond donors (Lipinski definition) is 2. The molecule has 1 aliphatic heterocycles. The quantitative estimate of drug-likeness (QED) is 0.767. The van der Waals surface area contributed by atoms with Crippen LogP contribution < -0.4 is 4.72 Å². The summed E-state index contributed by atoms with van der Waals surface area (Å²) in [6.45, 7) is 0.327. The van der Waals surface area contributed by atoms with Gasteiger partial charge in [0.05, 0.1) is 17.0 Å². The van der Waals surface area contributed by atoms with Gasteiger partial charge in [-0.3, -0.25) is 0 Å². The predicted molar refractivity (Wildman–Crippen MR) is 103 cm³/mol. The number of likely N-dealkylation sites (tertiary alicyclic amines) is 1. The zero-order chi connectivity index (χ0) is 19.0. The zero-order valence-corrected chi connectivity index (χ0v) is 16.2. The summed E-state index contributed by atoms with van der Waals surface area (Å²) in [5, 5.41) is 12.0. The van der Waals surface area contributed by atoms with Gasteiger partial charge in [0, 0.05) is 30.0 Å². The lowest BCUT2D eigenvalue weighted by Crippen LogP contribution is -2.48. The molecule has 2 aliphatic rings. The van der Waals surface area contributed by atoms with Gasteiger partial charge in [0.25, 0.3) is 0 Å². The minimum atomic E-state index is -3.37. The first-order chi connectivity index (χ1) is 12.9. The molecular weight excluding hydrogens is 386 g/mol. The number of amides is 1. The Bertz CT molecular complexity index is 925. The Labute approximate surface area is 162 Å². The lowest BCUT2D eigenvalue weighted by atomic mass is 10.1. The highest BCUT2D eigenvalue weighted by Gasteiger charge is 2.43. The molecule has 0 unspecified atom stereocenters. The van der Waals surface area contributed by atoms with Gasteiger partial charge in [-0.1, -0.05) is 30.3 Å². The summed E-state index contributed by atoms with van der Waals surface area (Å²) in [5.41, 5.74) is 1.80. The third-order valence-electron chi connectivity index (χ3n) is 5.06. The first kappa shape index (κ1) is 18.4. The second-order valence-corrected chi connectivity index (χ2v) is 9.87. The van der Waals surface area contributed by atoms with Gasteiger partial charge >= 0.3 is 6.09 Å². The van der Waals surface area contributed by atoms with E-state index >= 15 is 0 Å². The summed E-state index contributed by atoms with van der Waals surface area (Å²) in [6, 6.07) is 8.95. The number of rotatable bonds is 6. The third kappa shape index (κ3) is 3.99. The van der Waals surface area contributed by atoms with Crippen LogP contribution in [-0.4, -0.2) is 53.4 Å². The molecule has 9 heteroatoms. The largest absolute Gasteiger partial charge is 0.465 e. The maximum Gasteiger partial charge on any atom is 0.407 e. The fraction of sp³-hybridized carbons (Fsp3) is 0.444. The van der Waals surface area contributed by atoms with Crippen molar-refractivity contribution in [2.45, 2.75) is 43.0 Å². The molecule has 144 valence electrons. The van der Waals surface area contributed by atoms with E-state index in [0.717, 1.165) is 16.3 Å². The first-order valence-corrected chi connectivity index (χ1v) is 11.4. The first-order valence-electron chi connectivity index (χ1n) is 8.94. The summed E-state index contributed by atoms with van der Waals surface area (Å²) in [7, 11) is -3.37. The Balaban J connectivity index is 1.53. The summed E-state index contributed by atoms with van der Waals surface area (Å²) >= 11 is 1.51. The van der Waals surface area contributed by atoms with Crippen LogP contribution in [0.15, 0.2) is 35.7 Å². The summed E-state index contributed by atoms with van der Waals surface area (Å²) < 4.78 is 27.4. The van der Waals surface area contributed by atoms with Crippen molar-refractivity contribution in [3.8, 4) is 10.6 Å². The van der Waals surface area contributed by atoms with Crippen molar-refractivity contribution in [2.24, 2.45) is 0 Å². The second-order valence-electron chi connectivity index (χ2n) is 7.01. The summed E-state index contributed by atoms with van der Waals surface area (Å²) in [6.07, 6.45) is 1.22. The summed E-state index contributed by atoms with van der Waals surface area (Å²) in [4.78, 5) is 17.6. The number of nitrogens with one attached hydrogen (secondary N) is 1. The van der Waals surface area contributed by atoms with Crippen LogP contribution in [0.5, 0.6) is 0 Å². The van der Waals surface area contributed by atoms with Crippen LogP contribution in [-0.2, 0) is 16.4 Å². The lowest BCUT2D eigenvalue weighted by Gasteiger charge is -2.26. The van der Waals surface area contributed by atoms with Gasteiger partial charge in [-0.15, -0.1) is 11.3 Å². The van der Waals surface area contributed by atoms with E-state index in [1.807, 2.05) is 35.7 Å². The van der Waals surface area contributed by atoms with E-state index in [0.29, 0.717) is 32.2 Å². The molecule has 27 heavy (non-hydrogen) atoms. The lowest BCUT2D eigenvalue weighted by molar-refractivity contribution is 0.137. The molecule has 0 bridgehead atoms. The zero-order valence-electron chi connectivity index (χ0n) is 14.6. The van der Waals surface area contributed by atoms with Gasteiger partial charge in [0.2, 0.25) is 10.0 Å². The van der Waals surface area contributed by atoms with Crippen LogP contribution in [0, 0.1) is 0 Å². The SMILES string of the molecule is O=C(O)N1CC[C@@H](NS(=O)(=O)C2CC2)[C@H]1Cc1csc(-c2ccccc2)n1. The van der Waals surface area contributed by atoms with Gasteiger partial charge in [-0.05, 0) is 19.3 Å². The van der Waals surface area contributed by atoms with Crippen LogP contribution in [0.25, 0.3) is 10.6 Å². The van der Waals surface area contributed by atoms with Crippen LogP contribution in [0.3, 0.4) is 0 Å². The van der Waals surface area contributed by atoms with Gasteiger partial charge < -0.3 is 10.0 Å². The monoisotopic (exact) mass is 407 g/mol. The van der Waals surface area contributed by atoms with Crippen LogP contribution >= 0.6 is 11.3 Å². The molecule has 1 aliphatic carbocycles. The normalized spacial score (nSPS) is 22.9. The molecule has 2 aromatic rings. The highest BCUT2D eigenvalue weighted by molar-refractivity contribution is 7.90. The van der Waals surface area contributed by atoms with E-state index in [-0.39, 0.29) is 5.25 Å². The van der Waals surface area contributed by atoms with E-state index in [4.69, 9.17) is 0 Å². The molecular formula is C18H21N3O4S2. The van der Waals surface area contributed by atoms with Crippen molar-refractivity contribution >= 4 is 27.5 Å². The standard InChI is InChI=1S/C18H21N3O4S2/c22-18(23)21-9-8-15(20-27(24,25)14-6-7-14)16(21)10-13-11-26-17(19-13)12-4-2-1-3-5-12/h1-5,11,14-16,20H,6-10H2,(H,22,23)/t15-,16-/m1/s1. The van der Waals surface area contributed by atoms with E-state index in [1.165, 1.54) is 16.2 Å². The number of sulfonamides is 1. The molecule has 0 spiro atoms. The minimum absolute atomic E-state index is 0.319. The second kappa shape index (κ2) is 7.21. The fourth-order valence-electron chi connectivity index (χ4n) is 3.49. The molecule has 1 aromatic carbocycles. The summed E-state index contributed by atoms with van der Waals surface area (Å²) in [5.74, 6) is 0. The Morgan fingerprint density at radius 2 is 2.00 bits per heavy atom. The fourth-order valence-corrected chi connectivity index (χ4v) is 5.98. The Morgan fingerprint density at radius 1 is 1.26 bits per heavy atom. The maximum atomic E-state index is 12.3. The number of hydrogen-bond acceptors (Lipinski definition) is 5. The number of carboxylic acid groups (broad SMARTS) is 1. The maximum absolute atomic E-state index is 12.3. The number of thiazole rings is 1. The van der Waals surface area contributed by atoms with E-state index in [9.17, 15) is 18.3 Å². The van der Waals surface area contributed by atoms with Gasteiger partial charge in [0.15, 0.2) is 0 Å². The molecule has 7 nitrogen and oxygen atoms in total. The van der Waals surface area contributed by atoms with Crippen LogP contribution in [0.4, 0.5) is 4.79 Å². The van der Waals surface area contributed by atoms with Crippen molar-refractivity contribution in [1.29, 1.82) is 0 Å². The van der Waals surface area contributed by atoms with Gasteiger partial charge in [-0.2, -0.15) is 0 Å². The van der Waals surface area contributed by atoms with Gasteiger partial charge in [-0.25, -0.2) is 22.9 Å². The number of aromatic nitrogens is 1. The molecule has 4 rings (SSSR count). The molecule has 2 heterocycles. The van der Waals surface area contributed by atoms with E-state index in [2.05, 4.69) is 9.71 Å². The molecule has 1 saturated carbocycles. The highest BCUT2D eigenvalue weighted by Crippen LogP contribution is 2.31.